The fraction of sp³-hybridized carbons (Fsp3) is 0.692. The van der Waals surface area contributed by atoms with Crippen LogP contribution in [0.25, 0.3) is 0 Å². The molecule has 1 fully saturated rings. The summed E-state index contributed by atoms with van der Waals surface area (Å²) < 4.78 is 5.67. The van der Waals surface area contributed by atoms with E-state index in [1.165, 1.54) is 36.1 Å². The first-order valence-electron chi connectivity index (χ1n) is 6.14. The van der Waals surface area contributed by atoms with E-state index in [1.807, 2.05) is 11.3 Å². The van der Waals surface area contributed by atoms with E-state index in [4.69, 9.17) is 4.74 Å². The Balaban J connectivity index is 1.88. The lowest BCUT2D eigenvalue weighted by Gasteiger charge is -2.18. The molecule has 0 bridgehead atoms. The van der Waals surface area contributed by atoms with E-state index in [9.17, 15) is 0 Å². The molecule has 2 unspecified atom stereocenters. The second kappa shape index (κ2) is 5.80. The number of nitrogens with one attached hydrogen (secondary N) is 1. The van der Waals surface area contributed by atoms with Gasteiger partial charge in [-0.15, -0.1) is 11.3 Å². The minimum Gasteiger partial charge on any atom is -0.378 e. The standard InChI is InChI=1S/C13H21NOS/c1-10-7-9-16-13(10)12(14-2)6-5-11-4-3-8-15-11/h7,9,11-12,14H,3-6,8H2,1-2H3. The molecule has 1 aromatic rings. The molecular formula is C13H21NOS. The molecule has 0 aromatic carbocycles. The summed E-state index contributed by atoms with van der Waals surface area (Å²) in [5.74, 6) is 0. The highest BCUT2D eigenvalue weighted by Crippen LogP contribution is 2.29. The van der Waals surface area contributed by atoms with Crippen LogP contribution < -0.4 is 5.32 Å². The van der Waals surface area contributed by atoms with Crippen LogP contribution in [0.2, 0.25) is 0 Å². The molecule has 0 amide bonds. The van der Waals surface area contributed by atoms with Gasteiger partial charge in [-0.25, -0.2) is 0 Å². The summed E-state index contributed by atoms with van der Waals surface area (Å²) in [5.41, 5.74) is 1.41. The van der Waals surface area contributed by atoms with Gasteiger partial charge in [0.1, 0.15) is 0 Å². The second-order valence-electron chi connectivity index (χ2n) is 4.52. The molecule has 0 aliphatic carbocycles. The molecule has 2 atom stereocenters. The fourth-order valence-corrected chi connectivity index (χ4v) is 3.45. The highest BCUT2D eigenvalue weighted by atomic mass is 32.1. The van der Waals surface area contributed by atoms with E-state index < -0.39 is 0 Å². The van der Waals surface area contributed by atoms with Gasteiger partial charge in [0.25, 0.3) is 0 Å². The van der Waals surface area contributed by atoms with Crippen molar-refractivity contribution in [1.82, 2.24) is 5.32 Å². The van der Waals surface area contributed by atoms with E-state index in [2.05, 4.69) is 30.7 Å². The first-order chi connectivity index (χ1) is 7.81. The summed E-state index contributed by atoms with van der Waals surface area (Å²) in [7, 11) is 2.05. The van der Waals surface area contributed by atoms with Gasteiger partial charge in [0, 0.05) is 17.5 Å². The van der Waals surface area contributed by atoms with E-state index in [0.717, 1.165) is 6.61 Å². The Morgan fingerprint density at radius 3 is 3.06 bits per heavy atom. The topological polar surface area (TPSA) is 21.3 Å². The summed E-state index contributed by atoms with van der Waals surface area (Å²) in [6.45, 7) is 3.16. The van der Waals surface area contributed by atoms with Gasteiger partial charge in [-0.2, -0.15) is 0 Å². The number of rotatable bonds is 5. The Labute approximate surface area is 102 Å². The Morgan fingerprint density at radius 2 is 2.50 bits per heavy atom. The van der Waals surface area contributed by atoms with Gasteiger partial charge in [0.15, 0.2) is 0 Å². The molecule has 90 valence electrons. The molecule has 2 heterocycles. The Morgan fingerprint density at radius 1 is 1.62 bits per heavy atom. The van der Waals surface area contributed by atoms with Gasteiger partial charge in [-0.1, -0.05) is 0 Å². The smallest absolute Gasteiger partial charge is 0.0576 e. The Bertz CT molecular complexity index is 317. The molecule has 0 radical (unpaired) electrons. The van der Waals surface area contributed by atoms with Crippen molar-refractivity contribution in [1.29, 1.82) is 0 Å². The fourth-order valence-electron chi connectivity index (χ4n) is 2.37. The minimum absolute atomic E-state index is 0.504. The molecule has 1 aliphatic rings. The van der Waals surface area contributed by atoms with Crippen LogP contribution in [0.15, 0.2) is 11.4 Å². The molecule has 1 aromatic heterocycles. The second-order valence-corrected chi connectivity index (χ2v) is 5.47. The normalized spacial score (nSPS) is 22.5. The number of ether oxygens (including phenoxy) is 1. The summed E-state index contributed by atoms with van der Waals surface area (Å²) in [6, 6.07) is 2.71. The summed E-state index contributed by atoms with van der Waals surface area (Å²) in [4.78, 5) is 1.49. The minimum atomic E-state index is 0.504. The van der Waals surface area contributed by atoms with Crippen LogP contribution in [0.5, 0.6) is 0 Å². The van der Waals surface area contributed by atoms with Crippen molar-refractivity contribution in [2.24, 2.45) is 0 Å². The van der Waals surface area contributed by atoms with Gasteiger partial charge in [-0.05, 0) is 56.7 Å². The van der Waals surface area contributed by atoms with Crippen molar-refractivity contribution in [3.05, 3.63) is 21.9 Å². The molecule has 1 aliphatic heterocycles. The SMILES string of the molecule is CNC(CCC1CCCO1)c1sccc1C. The zero-order valence-electron chi connectivity index (χ0n) is 10.2. The molecule has 1 saturated heterocycles. The van der Waals surface area contributed by atoms with Crippen molar-refractivity contribution in [2.45, 2.75) is 44.8 Å². The van der Waals surface area contributed by atoms with Gasteiger partial charge in [0.2, 0.25) is 0 Å². The summed E-state index contributed by atoms with van der Waals surface area (Å²) >= 11 is 1.86. The molecule has 3 heteroatoms. The molecule has 1 N–H and O–H groups in total. The van der Waals surface area contributed by atoms with Crippen LogP contribution >= 0.6 is 11.3 Å². The average Bonchev–Trinajstić information content (AvgIpc) is 2.92. The van der Waals surface area contributed by atoms with E-state index in [1.54, 1.807) is 0 Å². The van der Waals surface area contributed by atoms with Crippen LogP contribution in [0.4, 0.5) is 0 Å². The predicted molar refractivity (Wildman–Crippen MR) is 69.1 cm³/mol. The zero-order valence-corrected chi connectivity index (χ0v) is 11.0. The molecule has 2 rings (SSSR count). The quantitative estimate of drug-likeness (QED) is 0.851. The first kappa shape index (κ1) is 12.1. The van der Waals surface area contributed by atoms with Crippen LogP contribution in [-0.4, -0.2) is 19.8 Å². The number of aryl methyl sites for hydroxylation is 1. The van der Waals surface area contributed by atoms with Crippen molar-refractivity contribution < 1.29 is 4.74 Å². The van der Waals surface area contributed by atoms with Gasteiger partial charge in [-0.3, -0.25) is 0 Å². The maximum atomic E-state index is 5.67. The summed E-state index contributed by atoms with van der Waals surface area (Å²) in [6.07, 6.45) is 5.37. The van der Waals surface area contributed by atoms with E-state index in [0.29, 0.717) is 12.1 Å². The Kier molecular flexibility index (Phi) is 4.38. The van der Waals surface area contributed by atoms with Gasteiger partial charge in [0.05, 0.1) is 6.10 Å². The number of hydrogen-bond acceptors (Lipinski definition) is 3. The third-order valence-corrected chi connectivity index (χ3v) is 4.50. The van der Waals surface area contributed by atoms with Crippen LogP contribution in [0, 0.1) is 6.92 Å². The predicted octanol–water partition coefficient (Wildman–Crippen LogP) is 3.28. The van der Waals surface area contributed by atoms with Crippen molar-refractivity contribution in [3.63, 3.8) is 0 Å². The third-order valence-electron chi connectivity index (χ3n) is 3.37. The number of hydrogen-bond donors (Lipinski definition) is 1. The monoisotopic (exact) mass is 239 g/mol. The molecule has 2 nitrogen and oxygen atoms in total. The lowest BCUT2D eigenvalue weighted by Crippen LogP contribution is -2.18. The largest absolute Gasteiger partial charge is 0.378 e. The van der Waals surface area contributed by atoms with Crippen LogP contribution in [0.1, 0.15) is 42.2 Å². The van der Waals surface area contributed by atoms with Crippen LogP contribution in [-0.2, 0) is 4.74 Å². The van der Waals surface area contributed by atoms with Crippen molar-refractivity contribution in [2.75, 3.05) is 13.7 Å². The van der Waals surface area contributed by atoms with Gasteiger partial charge < -0.3 is 10.1 Å². The molecular weight excluding hydrogens is 218 g/mol. The highest BCUT2D eigenvalue weighted by Gasteiger charge is 2.19. The Hall–Kier alpha value is -0.380. The lowest BCUT2D eigenvalue weighted by molar-refractivity contribution is 0.0999. The molecule has 0 saturated carbocycles. The maximum absolute atomic E-state index is 5.67. The van der Waals surface area contributed by atoms with Gasteiger partial charge >= 0.3 is 0 Å². The molecule has 0 spiro atoms. The molecule has 16 heavy (non-hydrogen) atoms. The number of thiophene rings is 1. The lowest BCUT2D eigenvalue weighted by atomic mass is 10.0. The van der Waals surface area contributed by atoms with E-state index in [-0.39, 0.29) is 0 Å². The first-order valence-corrected chi connectivity index (χ1v) is 7.02. The summed E-state index contributed by atoms with van der Waals surface area (Å²) in [5, 5.41) is 5.61. The van der Waals surface area contributed by atoms with Crippen molar-refractivity contribution >= 4 is 11.3 Å². The third kappa shape index (κ3) is 2.84. The highest BCUT2D eigenvalue weighted by molar-refractivity contribution is 7.10. The van der Waals surface area contributed by atoms with Crippen molar-refractivity contribution in [3.8, 4) is 0 Å². The van der Waals surface area contributed by atoms with Crippen LogP contribution in [0.3, 0.4) is 0 Å². The zero-order chi connectivity index (χ0) is 11.4. The maximum Gasteiger partial charge on any atom is 0.0576 e. The van der Waals surface area contributed by atoms with E-state index >= 15 is 0 Å². The average molecular weight is 239 g/mol.